The van der Waals surface area contributed by atoms with E-state index in [-0.39, 0.29) is 11.6 Å². The van der Waals surface area contributed by atoms with Crippen LogP contribution < -0.4 is 19.7 Å². The Morgan fingerprint density at radius 1 is 0.977 bits per heavy atom. The number of piperazine rings is 1. The van der Waals surface area contributed by atoms with Gasteiger partial charge in [-0.25, -0.2) is 9.97 Å². The molecule has 0 bridgehead atoms. The summed E-state index contributed by atoms with van der Waals surface area (Å²) >= 11 is 0. The molecule has 43 heavy (non-hydrogen) atoms. The van der Waals surface area contributed by atoms with Gasteiger partial charge in [0.25, 0.3) is 0 Å². The van der Waals surface area contributed by atoms with Crippen LogP contribution in [0.2, 0.25) is 0 Å². The second-order valence-corrected chi connectivity index (χ2v) is 10.9. The lowest BCUT2D eigenvalue weighted by Crippen LogP contribution is -2.47. The highest BCUT2D eigenvalue weighted by Crippen LogP contribution is 2.37. The highest BCUT2D eigenvalue weighted by molar-refractivity contribution is 6.34. The number of hydrogen-bond donors (Lipinski definition) is 1. The summed E-state index contributed by atoms with van der Waals surface area (Å²) in [5.41, 5.74) is 3.30. The fraction of sp³-hybridized carbons (Fsp3) is 0.394. The van der Waals surface area contributed by atoms with Crippen LogP contribution in [0.5, 0.6) is 11.5 Å². The molecular weight excluding hydrogens is 546 g/mol. The van der Waals surface area contributed by atoms with Gasteiger partial charge in [0, 0.05) is 73.8 Å². The molecule has 0 saturated carbocycles. The molecule has 1 unspecified atom stereocenters. The zero-order chi connectivity index (χ0) is 30.3. The van der Waals surface area contributed by atoms with E-state index in [1.165, 1.54) is 31.0 Å². The van der Waals surface area contributed by atoms with Crippen LogP contribution in [0.25, 0.3) is 16.5 Å². The van der Waals surface area contributed by atoms with Gasteiger partial charge in [0.1, 0.15) is 18.8 Å². The molecule has 1 aliphatic heterocycles. The van der Waals surface area contributed by atoms with Gasteiger partial charge in [0.2, 0.25) is 0 Å². The van der Waals surface area contributed by atoms with Gasteiger partial charge < -0.3 is 24.4 Å². The van der Waals surface area contributed by atoms with Crippen molar-refractivity contribution < 1.29 is 23.8 Å². The van der Waals surface area contributed by atoms with Crippen molar-refractivity contribution in [2.45, 2.75) is 20.3 Å². The lowest BCUT2D eigenvalue weighted by Gasteiger charge is -2.37. The van der Waals surface area contributed by atoms with Gasteiger partial charge in [-0.1, -0.05) is 20.3 Å². The molecule has 226 valence electrons. The number of aromatic nitrogens is 2. The number of carbonyl (C=O) groups excluding carboxylic acids is 2. The summed E-state index contributed by atoms with van der Waals surface area (Å²) in [7, 11) is 3.19. The van der Waals surface area contributed by atoms with Crippen molar-refractivity contribution in [1.82, 2.24) is 14.9 Å². The van der Waals surface area contributed by atoms with Crippen LogP contribution in [0.15, 0.2) is 54.9 Å². The zero-order valence-electron chi connectivity index (χ0n) is 25.3. The zero-order valence-corrected chi connectivity index (χ0v) is 25.3. The highest BCUT2D eigenvalue weighted by atomic mass is 16.5. The number of rotatable bonds is 12. The lowest BCUT2D eigenvalue weighted by molar-refractivity contribution is -0.113. The average molecular weight is 586 g/mol. The molecule has 1 saturated heterocycles. The molecule has 1 aliphatic carbocycles. The van der Waals surface area contributed by atoms with Crippen LogP contribution in [0, 0.1) is 5.92 Å². The van der Waals surface area contributed by atoms with Crippen molar-refractivity contribution in [2.75, 3.05) is 70.4 Å². The van der Waals surface area contributed by atoms with Crippen LogP contribution in [0.3, 0.4) is 0 Å². The highest BCUT2D eigenvalue weighted by Gasteiger charge is 2.23. The molecule has 1 fully saturated rings. The summed E-state index contributed by atoms with van der Waals surface area (Å²) in [6.45, 7) is 10.2. The first-order chi connectivity index (χ1) is 20.9. The summed E-state index contributed by atoms with van der Waals surface area (Å²) in [6.07, 6.45) is 6.68. The number of ketones is 2. The first-order valence-corrected chi connectivity index (χ1v) is 14.7. The number of allylic oxidation sites excluding steroid dienone is 4. The second kappa shape index (κ2) is 13.8. The second-order valence-electron chi connectivity index (χ2n) is 10.9. The number of ether oxygens (including phenoxy) is 3. The largest absolute Gasteiger partial charge is 0.493 e. The van der Waals surface area contributed by atoms with E-state index in [4.69, 9.17) is 14.2 Å². The summed E-state index contributed by atoms with van der Waals surface area (Å²) in [5, 5.41) is 4.13. The van der Waals surface area contributed by atoms with Gasteiger partial charge in [-0.15, -0.1) is 0 Å². The van der Waals surface area contributed by atoms with Gasteiger partial charge in [0.05, 0.1) is 19.2 Å². The van der Waals surface area contributed by atoms with E-state index < -0.39 is 0 Å². The van der Waals surface area contributed by atoms with Gasteiger partial charge in [-0.3, -0.25) is 14.5 Å². The maximum atomic E-state index is 13.0. The molecule has 1 aromatic heterocycles. The Kier molecular flexibility index (Phi) is 9.68. The number of benzene rings is 2. The molecule has 3 aromatic rings. The quantitative estimate of drug-likeness (QED) is 0.238. The molecule has 0 spiro atoms. The van der Waals surface area contributed by atoms with Crippen molar-refractivity contribution in [3.63, 3.8) is 0 Å². The number of carbonyl (C=O) groups is 2. The number of anilines is 3. The monoisotopic (exact) mass is 585 g/mol. The molecule has 10 heteroatoms. The maximum absolute atomic E-state index is 13.0. The van der Waals surface area contributed by atoms with Crippen molar-refractivity contribution in [3.05, 3.63) is 60.5 Å². The van der Waals surface area contributed by atoms with Gasteiger partial charge >= 0.3 is 0 Å². The molecule has 0 amide bonds. The standard InChI is InChI=1S/C33H39N5O5/c1-5-22(2)20-37-10-12-38(13-11-37)23-6-8-28(25(16-23)26-17-24(39)7-9-30(26)40)36-33-27-18-31(42-4)32(43-15-14-41-3)19-29(27)34-21-35-33/h6-9,16-19,21-22H,5,10-15,20H2,1-4H3,(H,34,35,36). The molecule has 1 N–H and O–H groups in total. The minimum absolute atomic E-state index is 0.217. The molecular formula is C33H39N5O5. The van der Waals surface area contributed by atoms with Crippen LogP contribution in [0.4, 0.5) is 17.2 Å². The number of hydrogen-bond acceptors (Lipinski definition) is 10. The smallest absolute Gasteiger partial charge is 0.186 e. The topological polar surface area (TPSA) is 106 Å². The van der Waals surface area contributed by atoms with Crippen LogP contribution in [0.1, 0.15) is 25.8 Å². The molecule has 5 rings (SSSR count). The van der Waals surface area contributed by atoms with E-state index in [1.807, 2.05) is 24.3 Å². The summed E-state index contributed by atoms with van der Waals surface area (Å²) < 4.78 is 16.5. The molecule has 1 atom stereocenters. The number of fused-ring (bicyclic) bond motifs is 1. The minimum atomic E-state index is -0.220. The predicted octanol–water partition coefficient (Wildman–Crippen LogP) is 4.67. The third-order valence-corrected chi connectivity index (χ3v) is 7.97. The summed E-state index contributed by atoms with van der Waals surface area (Å²) in [5.74, 6) is 1.85. The van der Waals surface area contributed by atoms with Crippen LogP contribution >= 0.6 is 0 Å². The van der Waals surface area contributed by atoms with Crippen molar-refractivity contribution in [2.24, 2.45) is 5.92 Å². The van der Waals surface area contributed by atoms with E-state index in [2.05, 4.69) is 38.9 Å². The van der Waals surface area contributed by atoms with Crippen LogP contribution in [-0.4, -0.2) is 86.6 Å². The van der Waals surface area contributed by atoms with E-state index in [0.29, 0.717) is 64.2 Å². The van der Waals surface area contributed by atoms with Crippen LogP contribution in [-0.2, 0) is 14.3 Å². The Morgan fingerprint density at radius 3 is 2.53 bits per heavy atom. The first kappa shape index (κ1) is 30.2. The van der Waals surface area contributed by atoms with Crippen molar-refractivity contribution in [3.8, 4) is 11.5 Å². The van der Waals surface area contributed by atoms with Crippen molar-refractivity contribution in [1.29, 1.82) is 0 Å². The van der Waals surface area contributed by atoms with Gasteiger partial charge in [0.15, 0.2) is 23.1 Å². The summed E-state index contributed by atoms with van der Waals surface area (Å²) in [6, 6.07) is 9.62. The summed E-state index contributed by atoms with van der Waals surface area (Å²) in [4.78, 5) is 39.2. The number of methoxy groups -OCH3 is 2. The van der Waals surface area contributed by atoms with E-state index in [1.54, 1.807) is 20.3 Å². The maximum Gasteiger partial charge on any atom is 0.186 e. The van der Waals surface area contributed by atoms with E-state index >= 15 is 0 Å². The fourth-order valence-electron chi connectivity index (χ4n) is 5.34. The molecule has 2 heterocycles. The molecule has 2 aromatic carbocycles. The number of nitrogens with one attached hydrogen (secondary N) is 1. The Labute approximate surface area is 252 Å². The molecule has 2 aliphatic rings. The SMILES string of the molecule is CCC(C)CN1CCN(c2ccc(Nc3ncnc4cc(OCCOC)c(OC)cc34)c(C3=CC(=O)C=CC3=O)c2)CC1. The molecule has 0 radical (unpaired) electrons. The molecule has 10 nitrogen and oxygen atoms in total. The lowest BCUT2D eigenvalue weighted by atomic mass is 9.94. The van der Waals surface area contributed by atoms with E-state index in [9.17, 15) is 9.59 Å². The first-order valence-electron chi connectivity index (χ1n) is 14.7. The Morgan fingerprint density at radius 2 is 1.79 bits per heavy atom. The van der Waals surface area contributed by atoms with Crippen molar-refractivity contribution >= 4 is 45.2 Å². The normalized spacial score (nSPS) is 16.4. The Bertz CT molecular complexity index is 1540. The van der Waals surface area contributed by atoms with Gasteiger partial charge in [-0.2, -0.15) is 0 Å². The minimum Gasteiger partial charge on any atom is -0.493 e. The Balaban J connectivity index is 1.48. The van der Waals surface area contributed by atoms with E-state index in [0.717, 1.165) is 38.4 Å². The fourth-order valence-corrected chi connectivity index (χ4v) is 5.34. The Hall–Kier alpha value is -4.28. The third-order valence-electron chi connectivity index (χ3n) is 7.97. The number of nitrogens with zero attached hydrogens (tertiary/aromatic N) is 4. The third kappa shape index (κ3) is 7.03. The average Bonchev–Trinajstić information content (AvgIpc) is 3.02. The predicted molar refractivity (Wildman–Crippen MR) is 168 cm³/mol. The van der Waals surface area contributed by atoms with Gasteiger partial charge in [-0.05, 0) is 48.4 Å².